The second-order valence-corrected chi connectivity index (χ2v) is 30.4. The van der Waals surface area contributed by atoms with Gasteiger partial charge in [0.25, 0.3) is 0 Å². The molecule has 0 radical (unpaired) electrons. The molecule has 36 heteroatoms. The summed E-state index contributed by atoms with van der Waals surface area (Å²) in [6, 6.07) is 31.9. The summed E-state index contributed by atoms with van der Waals surface area (Å²) in [6.45, 7) is 5.40. The van der Waals surface area contributed by atoms with E-state index in [0.29, 0.717) is 93.8 Å². The minimum Gasteiger partial charge on any atom is -0.468 e. The standard InChI is InChI=1S/C18H18ClNO4S.2C16H17ClNO6PS.C16H16ClNO2S.4H2S/c1-11(21)24-16-9-12-10-20(8-7-15(12)25-16)17(18(22)23-2)13-5-3-4-6-14(13)19;2*1-23-16(19)15(11-4-2-3-5-12(11)17)18-7-6-13-10(9-18)8-14(26-13)24-25(20,21)22;1-20-16(19)15(12-4-2-3-5-13(12)17)18-8-6-14-11(10-18)7-9-21-14;;;;/h3-6,9,17H,7-8,10H2,1-2H3;2*2-5,8,15H,6-7,9H2,1H3,(H2,20,21,22);2-5,7,9,15H,6,8,10H2,1H3;4*1H2/t17-;3*15-;;;;/m0000..../s1/i2D3;1D3;;;;;;. The molecule has 4 atom stereocenters. The Labute approximate surface area is 662 Å². The van der Waals surface area contributed by atoms with Gasteiger partial charge in [-0.2, -0.15) is 54.0 Å². The molecule has 0 unspecified atom stereocenters. The summed E-state index contributed by atoms with van der Waals surface area (Å²) >= 11 is 30.6. The van der Waals surface area contributed by atoms with Crippen molar-refractivity contribution in [1.29, 1.82) is 0 Å². The summed E-state index contributed by atoms with van der Waals surface area (Å²) < 4.78 is 99.4. The average Bonchev–Trinajstić information content (AvgIpc) is 1.47. The van der Waals surface area contributed by atoms with E-state index >= 15 is 0 Å². The molecule has 0 spiro atoms. The highest BCUT2D eigenvalue weighted by molar-refractivity contribution is 7.59. The fourth-order valence-electron chi connectivity index (χ4n) is 11.7. The number of esters is 5. The van der Waals surface area contributed by atoms with Crippen LogP contribution < -0.4 is 13.8 Å². The number of nitrogens with zero attached hydrogens (tertiary/aromatic N) is 4. The van der Waals surface area contributed by atoms with Crippen molar-refractivity contribution in [2.24, 2.45) is 0 Å². The van der Waals surface area contributed by atoms with Gasteiger partial charge in [-0.05, 0) is 124 Å². The molecule has 12 rings (SSSR count). The first-order valence-electron chi connectivity index (χ1n) is 32.7. The highest BCUT2D eigenvalue weighted by Gasteiger charge is 2.38. The van der Waals surface area contributed by atoms with Crippen molar-refractivity contribution in [3.8, 4) is 15.2 Å². The number of benzene rings is 4. The van der Waals surface area contributed by atoms with Gasteiger partial charge in [0.1, 0.15) is 24.2 Å². The van der Waals surface area contributed by atoms with Gasteiger partial charge in [0, 0.05) is 98.9 Å². The molecule has 8 aromatic rings. The van der Waals surface area contributed by atoms with Crippen molar-refractivity contribution < 1.29 is 93.6 Å². The van der Waals surface area contributed by atoms with E-state index in [2.05, 4.69) is 30.1 Å². The van der Waals surface area contributed by atoms with E-state index in [9.17, 15) is 33.1 Å². The van der Waals surface area contributed by atoms with Crippen LogP contribution in [-0.4, -0.2) is 123 Å². The summed E-state index contributed by atoms with van der Waals surface area (Å²) in [4.78, 5) is 109. The Morgan fingerprint density at radius 1 is 0.441 bits per heavy atom. The van der Waals surface area contributed by atoms with Gasteiger partial charge in [-0.1, -0.05) is 119 Å². The summed E-state index contributed by atoms with van der Waals surface area (Å²) in [7, 11) is -12.3. The molecule has 4 aromatic heterocycles. The minimum atomic E-state index is -4.68. The van der Waals surface area contributed by atoms with Gasteiger partial charge in [0.15, 0.2) is 15.2 Å². The smallest absolute Gasteiger partial charge is 0.468 e. The van der Waals surface area contributed by atoms with Crippen LogP contribution in [0.3, 0.4) is 0 Å². The predicted molar refractivity (Wildman–Crippen MR) is 417 cm³/mol. The predicted octanol–water partition coefficient (Wildman–Crippen LogP) is 14.0. The van der Waals surface area contributed by atoms with Crippen LogP contribution in [0.2, 0.25) is 20.1 Å². The van der Waals surface area contributed by atoms with Crippen molar-refractivity contribution in [2.75, 3.05) is 54.5 Å². The molecule has 4 N–H and O–H groups in total. The van der Waals surface area contributed by atoms with Gasteiger partial charge in [-0.25, -0.2) is 28.3 Å². The number of phosphoric ester groups is 2. The number of halogens is 4. The lowest BCUT2D eigenvalue weighted by Crippen LogP contribution is -2.38. The highest BCUT2D eigenvalue weighted by atomic mass is 35.5. The number of hydrogen-bond acceptors (Lipinski definition) is 22. The van der Waals surface area contributed by atoms with E-state index in [-0.39, 0.29) is 76.6 Å². The number of thiophene rings is 4. The SMILES string of the molecule is COC(=O)[C@H](c1ccccc1Cl)N1CCc2sc(OP(=O)(O)O)cc2C1.COC(=O)[C@H](c1ccccc1Cl)N1CCc2sccc2C1.S.S.S.S.[2H]C([2H])([2H])OC(=O)[C@H](c1ccccc1Cl)N1CCc2sc(OC(C)=O)cc2C1.[2H]C([2H])([2H])OC(=O)[C@H](c1ccccc1Cl)N1CCc2sc(OP(=O)(O)O)cc2C1. The molecular weight excluding hydrogens is 1600 g/mol. The monoisotopic (exact) mass is 1680 g/mol. The Bertz CT molecular complexity index is 4510. The molecular formula is C66H76Cl4N4O18P2S8. The Morgan fingerprint density at radius 3 is 1.02 bits per heavy atom. The largest absolute Gasteiger partial charge is 0.525 e. The van der Waals surface area contributed by atoms with Crippen LogP contribution in [0, 0.1) is 0 Å². The lowest BCUT2D eigenvalue weighted by Gasteiger charge is -2.33. The molecule has 8 heterocycles. The van der Waals surface area contributed by atoms with Crippen LogP contribution in [-0.2, 0) is 104 Å². The number of fused-ring (bicyclic) bond motifs is 4. The normalized spacial score (nSPS) is 16.4. The van der Waals surface area contributed by atoms with Crippen LogP contribution in [0.5, 0.6) is 15.2 Å². The molecule has 0 saturated carbocycles. The first-order chi connectivity index (χ1) is 49.0. The number of carbonyl (C=O) groups excluding carboxylic acids is 5. The van der Waals surface area contributed by atoms with Crippen molar-refractivity contribution >= 4 is 191 Å². The number of phosphoric acid groups is 2. The van der Waals surface area contributed by atoms with Crippen molar-refractivity contribution in [1.82, 2.24) is 19.6 Å². The molecule has 4 aliphatic rings. The summed E-state index contributed by atoms with van der Waals surface area (Å²) in [5, 5.41) is 4.57. The van der Waals surface area contributed by atoms with Crippen molar-refractivity contribution in [3.63, 3.8) is 0 Å². The lowest BCUT2D eigenvalue weighted by molar-refractivity contribution is -0.148. The van der Waals surface area contributed by atoms with Gasteiger partial charge < -0.3 is 32.7 Å². The average molecular weight is 1680 g/mol. The number of ether oxygens (including phenoxy) is 5. The number of rotatable bonds is 17. The summed E-state index contributed by atoms with van der Waals surface area (Å²) in [5.41, 5.74) is 6.18. The maximum absolute atomic E-state index is 12.7. The van der Waals surface area contributed by atoms with Crippen LogP contribution in [0.1, 0.15) is 103 Å². The first kappa shape index (κ1) is 78.4. The van der Waals surface area contributed by atoms with Gasteiger partial charge >= 0.3 is 45.5 Å². The highest BCUT2D eigenvalue weighted by Crippen LogP contribution is 2.47. The third-order valence-electron chi connectivity index (χ3n) is 15.9. The van der Waals surface area contributed by atoms with Gasteiger partial charge in [0.05, 0.1) is 36.5 Å². The van der Waals surface area contributed by atoms with Crippen molar-refractivity contribution in [3.05, 3.63) is 211 Å². The van der Waals surface area contributed by atoms with E-state index in [1.165, 1.54) is 60.3 Å². The molecule has 0 amide bonds. The molecule has 554 valence electrons. The molecule has 0 saturated heterocycles. The zero-order valence-electron chi connectivity index (χ0n) is 60.3. The second kappa shape index (κ2) is 40.3. The topological polar surface area (TPSA) is 278 Å². The molecule has 0 aliphatic carbocycles. The number of methoxy groups -OCH3 is 4. The molecule has 4 aliphatic heterocycles. The minimum absolute atomic E-state index is 0. The Morgan fingerprint density at radius 2 is 0.725 bits per heavy atom. The third kappa shape index (κ3) is 23.2. The third-order valence-corrected chi connectivity index (χ3v) is 22.7. The zero-order valence-corrected chi connectivity index (χ0v) is 66.3. The van der Waals surface area contributed by atoms with E-state index in [4.69, 9.17) is 93.1 Å². The maximum Gasteiger partial charge on any atom is 0.525 e. The fourth-order valence-corrected chi connectivity index (χ4v) is 17.8. The molecule has 4 aromatic carbocycles. The van der Waals surface area contributed by atoms with Gasteiger partial charge in [0.2, 0.25) is 0 Å². The van der Waals surface area contributed by atoms with Crippen molar-refractivity contribution in [2.45, 2.75) is 83.0 Å². The second-order valence-electron chi connectivity index (χ2n) is 22.1. The molecule has 0 fully saturated rings. The van der Waals surface area contributed by atoms with Crippen LogP contribution in [0.25, 0.3) is 0 Å². The number of hydrogen-bond donors (Lipinski definition) is 4. The van der Waals surface area contributed by atoms with E-state index in [1.54, 1.807) is 95.1 Å². The zero-order chi connectivity index (χ0) is 75.6. The van der Waals surface area contributed by atoms with E-state index in [0.717, 1.165) is 67.7 Å². The van der Waals surface area contributed by atoms with Crippen LogP contribution in [0.15, 0.2) is 127 Å². The van der Waals surface area contributed by atoms with Crippen LogP contribution in [0.4, 0.5) is 0 Å². The lowest BCUT2D eigenvalue weighted by atomic mass is 10.0. The van der Waals surface area contributed by atoms with Gasteiger partial charge in [-0.3, -0.25) is 44.0 Å². The summed E-state index contributed by atoms with van der Waals surface area (Å²) in [5.74, 6) is -2.91. The Balaban J connectivity index is 0.000000256. The number of carbonyl (C=O) groups is 5. The van der Waals surface area contributed by atoms with E-state index < -0.39 is 77.8 Å². The first-order valence-corrected chi connectivity index (χ1v) is 37.6. The van der Waals surface area contributed by atoms with E-state index in [1.807, 2.05) is 40.1 Å². The Kier molecular flexibility index (Phi) is 31.0. The molecule has 22 nitrogen and oxygen atoms in total. The molecule has 102 heavy (non-hydrogen) atoms. The van der Waals surface area contributed by atoms with Crippen LogP contribution >= 0.6 is 161 Å². The Hall–Kier alpha value is -4.67. The molecule has 0 bridgehead atoms. The van der Waals surface area contributed by atoms with Gasteiger partial charge in [-0.15, -0.1) is 45.3 Å². The quantitative estimate of drug-likeness (QED) is 0.0374. The maximum atomic E-state index is 12.7. The fraction of sp³-hybridized carbons (Fsp3) is 0.318. The summed E-state index contributed by atoms with van der Waals surface area (Å²) in [6.07, 6.45) is 2.70.